The zero-order valence-corrected chi connectivity index (χ0v) is 9.03. The molecule has 0 aromatic heterocycles. The summed E-state index contributed by atoms with van der Waals surface area (Å²) >= 11 is 0. The van der Waals surface area contributed by atoms with Crippen molar-refractivity contribution in [1.29, 1.82) is 0 Å². The minimum Gasteiger partial charge on any atom is -0.497 e. The van der Waals surface area contributed by atoms with Gasteiger partial charge in [0.2, 0.25) is 0 Å². The lowest BCUT2D eigenvalue weighted by Gasteiger charge is -2.23. The van der Waals surface area contributed by atoms with Crippen LogP contribution in [0.3, 0.4) is 0 Å². The average molecular weight is 207 g/mol. The van der Waals surface area contributed by atoms with E-state index in [0.717, 1.165) is 31.9 Å². The normalized spacial score (nSPS) is 21.3. The van der Waals surface area contributed by atoms with Gasteiger partial charge in [0, 0.05) is 12.6 Å². The molecule has 1 heterocycles. The Morgan fingerprint density at radius 3 is 2.80 bits per heavy atom. The second kappa shape index (κ2) is 5.14. The minimum absolute atomic E-state index is 0.451. The molecule has 0 radical (unpaired) electrons. The van der Waals surface area contributed by atoms with Crippen molar-refractivity contribution >= 4 is 0 Å². The van der Waals surface area contributed by atoms with E-state index in [2.05, 4.69) is 17.4 Å². The largest absolute Gasteiger partial charge is 0.497 e. The maximum atomic E-state index is 5.41. The molecule has 1 atom stereocenters. The van der Waals surface area contributed by atoms with Gasteiger partial charge in [-0.25, -0.2) is 0 Å². The molecule has 1 saturated heterocycles. The SMILES string of the molecule is COc1ccc(C[C@H]2COCCN2)cc1. The smallest absolute Gasteiger partial charge is 0.118 e. The Morgan fingerprint density at radius 2 is 2.20 bits per heavy atom. The molecule has 0 amide bonds. The third-order valence-electron chi connectivity index (χ3n) is 2.64. The van der Waals surface area contributed by atoms with Crippen LogP contribution in [0.4, 0.5) is 0 Å². The van der Waals surface area contributed by atoms with Crippen molar-refractivity contribution in [2.45, 2.75) is 12.5 Å². The van der Waals surface area contributed by atoms with E-state index < -0.39 is 0 Å². The summed E-state index contributed by atoms with van der Waals surface area (Å²) in [6.07, 6.45) is 1.02. The monoisotopic (exact) mass is 207 g/mol. The van der Waals surface area contributed by atoms with Gasteiger partial charge in [0.1, 0.15) is 5.75 Å². The third-order valence-corrected chi connectivity index (χ3v) is 2.64. The highest BCUT2D eigenvalue weighted by atomic mass is 16.5. The lowest BCUT2D eigenvalue weighted by Crippen LogP contribution is -2.42. The highest BCUT2D eigenvalue weighted by molar-refractivity contribution is 5.27. The van der Waals surface area contributed by atoms with Crippen molar-refractivity contribution in [1.82, 2.24) is 5.32 Å². The molecule has 0 aliphatic carbocycles. The third kappa shape index (κ3) is 2.94. The van der Waals surface area contributed by atoms with Crippen LogP contribution in [0, 0.1) is 0 Å². The van der Waals surface area contributed by atoms with Gasteiger partial charge in [0.25, 0.3) is 0 Å². The van der Waals surface area contributed by atoms with E-state index in [0.29, 0.717) is 6.04 Å². The summed E-state index contributed by atoms with van der Waals surface area (Å²) < 4.78 is 10.5. The summed E-state index contributed by atoms with van der Waals surface area (Å²) in [5.41, 5.74) is 1.32. The molecule has 0 spiro atoms. The van der Waals surface area contributed by atoms with E-state index in [1.54, 1.807) is 7.11 Å². The number of hydrogen-bond donors (Lipinski definition) is 1. The summed E-state index contributed by atoms with van der Waals surface area (Å²) in [7, 11) is 1.69. The molecule has 82 valence electrons. The highest BCUT2D eigenvalue weighted by Gasteiger charge is 2.12. The van der Waals surface area contributed by atoms with Crippen LogP contribution in [-0.4, -0.2) is 32.9 Å². The quantitative estimate of drug-likeness (QED) is 0.808. The second-order valence-corrected chi connectivity index (χ2v) is 3.78. The van der Waals surface area contributed by atoms with Crippen molar-refractivity contribution < 1.29 is 9.47 Å². The van der Waals surface area contributed by atoms with E-state index in [1.807, 2.05) is 12.1 Å². The van der Waals surface area contributed by atoms with E-state index >= 15 is 0 Å². The first kappa shape index (κ1) is 10.5. The first-order chi connectivity index (χ1) is 7.38. The molecule has 1 aliphatic heterocycles. The van der Waals surface area contributed by atoms with E-state index in [-0.39, 0.29) is 0 Å². The molecule has 0 saturated carbocycles. The van der Waals surface area contributed by atoms with Crippen molar-refractivity contribution in [2.75, 3.05) is 26.9 Å². The molecule has 1 fully saturated rings. The number of ether oxygens (including phenoxy) is 2. The first-order valence-corrected chi connectivity index (χ1v) is 5.32. The Bertz CT molecular complexity index is 291. The van der Waals surface area contributed by atoms with E-state index in [4.69, 9.17) is 9.47 Å². The van der Waals surface area contributed by atoms with Crippen LogP contribution < -0.4 is 10.1 Å². The average Bonchev–Trinajstić information content (AvgIpc) is 2.31. The van der Waals surface area contributed by atoms with Gasteiger partial charge in [0.15, 0.2) is 0 Å². The van der Waals surface area contributed by atoms with Gasteiger partial charge in [-0.15, -0.1) is 0 Å². The first-order valence-electron chi connectivity index (χ1n) is 5.32. The fraction of sp³-hybridized carbons (Fsp3) is 0.500. The Hall–Kier alpha value is -1.06. The Morgan fingerprint density at radius 1 is 1.40 bits per heavy atom. The van der Waals surface area contributed by atoms with Gasteiger partial charge in [-0.05, 0) is 24.1 Å². The zero-order chi connectivity index (χ0) is 10.5. The van der Waals surface area contributed by atoms with Crippen molar-refractivity contribution in [3.63, 3.8) is 0 Å². The van der Waals surface area contributed by atoms with Crippen molar-refractivity contribution in [3.05, 3.63) is 29.8 Å². The lowest BCUT2D eigenvalue weighted by atomic mass is 10.1. The molecular formula is C12H17NO2. The molecule has 3 nitrogen and oxygen atoms in total. The topological polar surface area (TPSA) is 30.5 Å². The summed E-state index contributed by atoms with van der Waals surface area (Å²) in [4.78, 5) is 0. The Balaban J connectivity index is 1.91. The summed E-state index contributed by atoms with van der Waals surface area (Å²) in [6, 6.07) is 8.66. The maximum Gasteiger partial charge on any atom is 0.118 e. The number of nitrogens with one attached hydrogen (secondary N) is 1. The number of rotatable bonds is 3. The number of hydrogen-bond acceptors (Lipinski definition) is 3. The molecule has 1 N–H and O–H groups in total. The van der Waals surface area contributed by atoms with Crippen LogP contribution in [-0.2, 0) is 11.2 Å². The van der Waals surface area contributed by atoms with Gasteiger partial charge in [-0.1, -0.05) is 12.1 Å². The fourth-order valence-electron chi connectivity index (χ4n) is 1.80. The predicted octanol–water partition coefficient (Wildman–Crippen LogP) is 1.23. The van der Waals surface area contributed by atoms with Gasteiger partial charge in [-0.2, -0.15) is 0 Å². The molecule has 0 bridgehead atoms. The van der Waals surface area contributed by atoms with E-state index in [9.17, 15) is 0 Å². The second-order valence-electron chi connectivity index (χ2n) is 3.78. The molecule has 0 unspecified atom stereocenters. The number of benzene rings is 1. The Kier molecular flexibility index (Phi) is 3.59. The van der Waals surface area contributed by atoms with Crippen LogP contribution in [0.5, 0.6) is 5.75 Å². The lowest BCUT2D eigenvalue weighted by molar-refractivity contribution is 0.0770. The highest BCUT2D eigenvalue weighted by Crippen LogP contribution is 2.13. The molecule has 1 aliphatic rings. The summed E-state index contributed by atoms with van der Waals surface area (Å²) in [6.45, 7) is 2.60. The number of methoxy groups -OCH3 is 1. The molecular weight excluding hydrogens is 190 g/mol. The zero-order valence-electron chi connectivity index (χ0n) is 9.03. The maximum absolute atomic E-state index is 5.41. The van der Waals surface area contributed by atoms with Gasteiger partial charge in [0.05, 0.1) is 20.3 Å². The molecule has 15 heavy (non-hydrogen) atoms. The van der Waals surface area contributed by atoms with Crippen LogP contribution in [0.1, 0.15) is 5.56 Å². The Labute approximate surface area is 90.4 Å². The van der Waals surface area contributed by atoms with Crippen molar-refractivity contribution in [3.8, 4) is 5.75 Å². The van der Waals surface area contributed by atoms with Gasteiger partial charge in [-0.3, -0.25) is 0 Å². The summed E-state index contributed by atoms with van der Waals surface area (Å²) in [5.74, 6) is 0.909. The van der Waals surface area contributed by atoms with Crippen LogP contribution in [0.25, 0.3) is 0 Å². The molecule has 3 heteroatoms. The predicted molar refractivity (Wildman–Crippen MR) is 59.3 cm³/mol. The molecule has 2 rings (SSSR count). The summed E-state index contributed by atoms with van der Waals surface area (Å²) in [5, 5.41) is 3.44. The van der Waals surface area contributed by atoms with Gasteiger partial charge < -0.3 is 14.8 Å². The molecule has 1 aromatic rings. The fourth-order valence-corrected chi connectivity index (χ4v) is 1.80. The minimum atomic E-state index is 0.451. The van der Waals surface area contributed by atoms with Crippen LogP contribution in [0.2, 0.25) is 0 Å². The van der Waals surface area contributed by atoms with Crippen molar-refractivity contribution in [2.24, 2.45) is 0 Å². The van der Waals surface area contributed by atoms with Crippen LogP contribution in [0.15, 0.2) is 24.3 Å². The number of morpholine rings is 1. The van der Waals surface area contributed by atoms with E-state index in [1.165, 1.54) is 5.56 Å². The van der Waals surface area contributed by atoms with Crippen LogP contribution >= 0.6 is 0 Å². The standard InChI is InChI=1S/C12H17NO2/c1-14-12-4-2-10(3-5-12)8-11-9-15-7-6-13-11/h2-5,11,13H,6-9H2,1H3/t11-/m0/s1. The molecule has 1 aromatic carbocycles. The van der Waals surface area contributed by atoms with Gasteiger partial charge >= 0.3 is 0 Å².